The third-order valence-electron chi connectivity index (χ3n) is 6.88. The van der Waals surface area contributed by atoms with Crippen molar-refractivity contribution in [3.05, 3.63) is 58.7 Å². The Bertz CT molecular complexity index is 1290. The molecule has 0 radical (unpaired) electrons. The molecule has 1 aliphatic heterocycles. The average Bonchev–Trinajstić information content (AvgIpc) is 2.72. The normalized spacial score (nSPS) is 27.7. The van der Waals surface area contributed by atoms with Gasteiger partial charge in [0.05, 0.1) is 25.2 Å². The Morgan fingerprint density at radius 2 is 1.97 bits per heavy atom. The molecule has 1 aromatic carbocycles. The molecule has 8 nitrogen and oxygen atoms in total. The van der Waals surface area contributed by atoms with E-state index in [9.17, 15) is 17.6 Å². The highest BCUT2D eigenvalue weighted by atomic mass is 32.2. The van der Waals surface area contributed by atoms with Crippen molar-refractivity contribution in [2.24, 2.45) is 10.7 Å². The Morgan fingerprint density at radius 1 is 1.26 bits per heavy atom. The van der Waals surface area contributed by atoms with E-state index >= 15 is 0 Å². The summed E-state index contributed by atoms with van der Waals surface area (Å²) in [6, 6.07) is 5.94. The Hall–Kier alpha value is -2.85. The van der Waals surface area contributed by atoms with E-state index < -0.39 is 25.9 Å². The molecule has 2 aromatic rings. The number of Topliss-reactive ketones (excluding diaryl/α,β-unsaturated/α-hetero) is 1. The van der Waals surface area contributed by atoms with Crippen molar-refractivity contribution in [1.29, 1.82) is 0 Å². The molecule has 1 aliphatic carbocycles. The number of aryl methyl sites for hydroxylation is 1. The summed E-state index contributed by atoms with van der Waals surface area (Å²) in [7, 11) is -0.694. The summed E-state index contributed by atoms with van der Waals surface area (Å²) in [4.78, 5) is 21.6. The van der Waals surface area contributed by atoms with Gasteiger partial charge in [-0.3, -0.25) is 9.79 Å². The van der Waals surface area contributed by atoms with Crippen LogP contribution in [0.4, 0.5) is 4.39 Å². The van der Waals surface area contributed by atoms with E-state index in [0.29, 0.717) is 22.6 Å². The van der Waals surface area contributed by atoms with Gasteiger partial charge in [-0.1, -0.05) is 6.07 Å². The molecule has 34 heavy (non-hydrogen) atoms. The van der Waals surface area contributed by atoms with Gasteiger partial charge in [-0.15, -0.1) is 0 Å². The zero-order chi connectivity index (χ0) is 24.9. The number of aliphatic imine (C=N–C) groups is 1. The van der Waals surface area contributed by atoms with Crippen LogP contribution in [0.3, 0.4) is 0 Å². The van der Waals surface area contributed by atoms with Gasteiger partial charge in [0, 0.05) is 31.9 Å². The van der Waals surface area contributed by atoms with Gasteiger partial charge >= 0.3 is 0 Å². The number of carbonyl (C=O) groups excluding carboxylic acids is 1. The van der Waals surface area contributed by atoms with Crippen LogP contribution in [0.15, 0.2) is 35.5 Å². The first-order valence-electron chi connectivity index (χ1n) is 10.9. The standard InChI is InChI=1S/C24H28FN3O5S/c1-14-7-16(32-3)12-27-21(14)20(29)9-15-5-6-19(25)18(8-15)23(2)13-34(30,31)24(22(26)28-23)10-17(11-24)33-4/h5-8,12,17H,9-11,13H2,1-4H3,(H2,26,28)/t17?,23-,24?/m0/s1. The maximum Gasteiger partial charge on any atom is 0.185 e. The summed E-state index contributed by atoms with van der Waals surface area (Å²) in [6.07, 6.45) is 1.71. The quantitative estimate of drug-likeness (QED) is 0.619. The van der Waals surface area contributed by atoms with Crippen LogP contribution < -0.4 is 10.5 Å². The molecule has 2 heterocycles. The summed E-state index contributed by atoms with van der Waals surface area (Å²) in [6.45, 7) is 3.31. The number of sulfone groups is 1. The third kappa shape index (κ3) is 3.88. The first kappa shape index (κ1) is 24.3. The minimum Gasteiger partial charge on any atom is -0.495 e. The molecule has 4 rings (SSSR count). The molecule has 2 N–H and O–H groups in total. The third-order valence-corrected chi connectivity index (χ3v) is 9.55. The number of hydrogen-bond donors (Lipinski definition) is 1. The highest BCUT2D eigenvalue weighted by molar-refractivity contribution is 7.93. The lowest BCUT2D eigenvalue weighted by Gasteiger charge is -2.49. The Morgan fingerprint density at radius 3 is 2.56 bits per heavy atom. The SMILES string of the molecule is COc1cnc(C(=O)Cc2ccc(F)c([C@]3(C)CS(=O)(=O)C4(CC(OC)C4)C(N)=N3)c2)c(C)c1. The summed E-state index contributed by atoms with van der Waals surface area (Å²) in [5, 5.41) is 0. The van der Waals surface area contributed by atoms with Crippen LogP contribution in [0, 0.1) is 12.7 Å². The number of methoxy groups -OCH3 is 2. The van der Waals surface area contributed by atoms with Crippen molar-refractivity contribution in [3.63, 3.8) is 0 Å². The lowest BCUT2D eigenvalue weighted by Crippen LogP contribution is -2.66. The van der Waals surface area contributed by atoms with E-state index in [4.69, 9.17) is 15.2 Å². The predicted octanol–water partition coefficient (Wildman–Crippen LogP) is 2.51. The Kier molecular flexibility index (Phi) is 6.02. The van der Waals surface area contributed by atoms with Crippen molar-refractivity contribution in [2.45, 2.75) is 49.5 Å². The molecule has 1 atom stereocenters. The summed E-state index contributed by atoms with van der Waals surface area (Å²) in [5.41, 5.74) is 6.33. The van der Waals surface area contributed by atoms with Gasteiger partial charge in [0.15, 0.2) is 15.6 Å². The topological polar surface area (TPSA) is 121 Å². The number of amidine groups is 1. The van der Waals surface area contributed by atoms with E-state index in [1.807, 2.05) is 0 Å². The lowest BCUT2D eigenvalue weighted by molar-refractivity contribution is 0.0292. The number of ketones is 1. The van der Waals surface area contributed by atoms with Crippen molar-refractivity contribution in [1.82, 2.24) is 4.98 Å². The van der Waals surface area contributed by atoms with Crippen LogP contribution in [0.1, 0.15) is 46.9 Å². The number of aromatic nitrogens is 1. The predicted molar refractivity (Wildman–Crippen MR) is 125 cm³/mol. The molecule has 0 bridgehead atoms. The average molecular weight is 490 g/mol. The molecule has 1 spiro atoms. The number of ether oxygens (including phenoxy) is 2. The largest absolute Gasteiger partial charge is 0.495 e. The number of hydrogen-bond acceptors (Lipinski definition) is 8. The zero-order valence-corrected chi connectivity index (χ0v) is 20.4. The van der Waals surface area contributed by atoms with Gasteiger partial charge in [0.2, 0.25) is 0 Å². The zero-order valence-electron chi connectivity index (χ0n) is 19.6. The molecule has 10 heteroatoms. The van der Waals surface area contributed by atoms with Crippen molar-refractivity contribution in [2.75, 3.05) is 20.0 Å². The van der Waals surface area contributed by atoms with Gasteiger partial charge in [-0.2, -0.15) is 0 Å². The number of rotatable bonds is 6. The van der Waals surface area contributed by atoms with Crippen molar-refractivity contribution >= 4 is 21.5 Å². The number of carbonyl (C=O) groups is 1. The fraction of sp³-hybridized carbons (Fsp3) is 0.458. The van der Waals surface area contributed by atoms with Crippen LogP contribution in [-0.2, 0) is 26.5 Å². The molecule has 0 amide bonds. The summed E-state index contributed by atoms with van der Waals surface area (Å²) < 4.78 is 50.6. The number of nitrogens with zero attached hydrogens (tertiary/aromatic N) is 2. The van der Waals surface area contributed by atoms with E-state index in [1.165, 1.54) is 38.6 Å². The van der Waals surface area contributed by atoms with E-state index in [1.54, 1.807) is 19.9 Å². The number of nitrogens with two attached hydrogens (primary N) is 1. The van der Waals surface area contributed by atoms with Gasteiger partial charge in [0.25, 0.3) is 0 Å². The Balaban J connectivity index is 1.66. The van der Waals surface area contributed by atoms with Gasteiger partial charge in [-0.25, -0.2) is 17.8 Å². The molecule has 2 aliphatic rings. The molecule has 182 valence electrons. The maximum absolute atomic E-state index is 15.0. The monoisotopic (exact) mass is 489 g/mol. The summed E-state index contributed by atoms with van der Waals surface area (Å²) in [5.74, 6) is -0.718. The van der Waals surface area contributed by atoms with Gasteiger partial charge < -0.3 is 15.2 Å². The van der Waals surface area contributed by atoms with Gasteiger partial charge in [0.1, 0.15) is 33.4 Å². The summed E-state index contributed by atoms with van der Waals surface area (Å²) >= 11 is 0. The number of halogens is 1. The minimum atomic E-state index is -3.73. The highest BCUT2D eigenvalue weighted by Gasteiger charge is 2.61. The molecule has 1 saturated carbocycles. The first-order chi connectivity index (χ1) is 15.9. The van der Waals surface area contributed by atoms with Crippen LogP contribution in [0.5, 0.6) is 5.75 Å². The highest BCUT2D eigenvalue weighted by Crippen LogP contribution is 2.48. The first-order valence-corrected chi connectivity index (χ1v) is 12.5. The lowest BCUT2D eigenvalue weighted by atomic mass is 9.79. The van der Waals surface area contributed by atoms with E-state index in [2.05, 4.69) is 9.98 Å². The van der Waals surface area contributed by atoms with Crippen molar-refractivity contribution in [3.8, 4) is 5.75 Å². The second-order valence-electron chi connectivity index (χ2n) is 9.25. The second kappa shape index (κ2) is 8.42. The maximum atomic E-state index is 15.0. The van der Waals surface area contributed by atoms with Crippen molar-refractivity contribution < 1.29 is 27.1 Å². The molecular formula is C24H28FN3O5S. The van der Waals surface area contributed by atoms with Crippen LogP contribution in [0.25, 0.3) is 0 Å². The fourth-order valence-corrected chi connectivity index (χ4v) is 7.31. The van der Waals surface area contributed by atoms with Crippen LogP contribution in [0.2, 0.25) is 0 Å². The van der Waals surface area contributed by atoms with E-state index in [0.717, 1.165) is 0 Å². The molecule has 0 unspecified atom stereocenters. The van der Waals surface area contributed by atoms with Gasteiger partial charge in [-0.05, 0) is 43.2 Å². The molecule has 0 saturated heterocycles. The van der Waals surface area contributed by atoms with Crippen LogP contribution >= 0.6 is 0 Å². The Labute approximate surface area is 198 Å². The molecule has 1 aromatic heterocycles. The second-order valence-corrected chi connectivity index (χ2v) is 11.5. The van der Waals surface area contributed by atoms with Crippen LogP contribution in [-0.4, -0.2) is 55.8 Å². The molecule has 1 fully saturated rings. The molecular weight excluding hydrogens is 461 g/mol. The number of benzene rings is 1. The minimum absolute atomic E-state index is 0.0199. The fourth-order valence-electron chi connectivity index (χ4n) is 4.83. The number of pyridine rings is 1. The smallest absolute Gasteiger partial charge is 0.185 e. The van der Waals surface area contributed by atoms with E-state index in [-0.39, 0.29) is 48.3 Å².